The van der Waals surface area contributed by atoms with E-state index in [-0.39, 0.29) is 0 Å². The molecule has 84 valence electrons. The van der Waals surface area contributed by atoms with Crippen molar-refractivity contribution < 1.29 is 0 Å². The third-order valence-electron chi connectivity index (χ3n) is 2.31. The molecular formula is C12H10N4S. The number of benzene rings is 1. The van der Waals surface area contributed by atoms with Crippen molar-refractivity contribution in [3.8, 4) is 12.1 Å². The molecule has 1 aliphatic rings. The van der Waals surface area contributed by atoms with Gasteiger partial charge in [-0.15, -0.1) is 0 Å². The Morgan fingerprint density at radius 3 is 2.71 bits per heavy atom. The summed E-state index contributed by atoms with van der Waals surface area (Å²) in [5.41, 5.74) is 1.57. The summed E-state index contributed by atoms with van der Waals surface area (Å²) in [6, 6.07) is 9.43. The van der Waals surface area contributed by atoms with Gasteiger partial charge in [-0.25, -0.2) is 0 Å². The SMILES string of the molecule is CC1CSC(Nc2ccc(C#N)c(C#N)c2)=N1. The van der Waals surface area contributed by atoms with Crippen molar-refractivity contribution in [1.82, 2.24) is 0 Å². The molecule has 1 N–H and O–H groups in total. The van der Waals surface area contributed by atoms with E-state index in [1.165, 1.54) is 0 Å². The molecule has 0 fully saturated rings. The second-order valence-electron chi connectivity index (χ2n) is 3.70. The molecule has 17 heavy (non-hydrogen) atoms. The molecule has 0 amide bonds. The molecule has 0 bridgehead atoms. The highest BCUT2D eigenvalue weighted by atomic mass is 32.2. The molecule has 1 unspecified atom stereocenters. The molecule has 0 aliphatic carbocycles. The molecule has 0 spiro atoms. The molecule has 2 rings (SSSR count). The monoisotopic (exact) mass is 242 g/mol. The van der Waals surface area contributed by atoms with E-state index in [9.17, 15) is 0 Å². The van der Waals surface area contributed by atoms with Gasteiger partial charge in [0.1, 0.15) is 12.1 Å². The molecule has 1 heterocycles. The van der Waals surface area contributed by atoms with Crippen LogP contribution >= 0.6 is 11.8 Å². The highest BCUT2D eigenvalue weighted by molar-refractivity contribution is 8.14. The summed E-state index contributed by atoms with van der Waals surface area (Å²) in [5.74, 6) is 0.976. The third-order valence-corrected chi connectivity index (χ3v) is 3.44. The first kappa shape index (κ1) is 11.5. The van der Waals surface area contributed by atoms with Crippen molar-refractivity contribution in [3.63, 3.8) is 0 Å². The van der Waals surface area contributed by atoms with Crippen LogP contribution in [0.1, 0.15) is 18.1 Å². The first-order valence-electron chi connectivity index (χ1n) is 5.15. The van der Waals surface area contributed by atoms with E-state index >= 15 is 0 Å². The molecule has 0 aromatic heterocycles. The average molecular weight is 242 g/mol. The van der Waals surface area contributed by atoms with E-state index in [2.05, 4.69) is 17.2 Å². The second kappa shape index (κ2) is 4.90. The Kier molecular flexibility index (Phi) is 3.32. The lowest BCUT2D eigenvalue weighted by molar-refractivity contribution is 0.865. The summed E-state index contributed by atoms with van der Waals surface area (Å²) in [6.07, 6.45) is 0. The summed E-state index contributed by atoms with van der Waals surface area (Å²) < 4.78 is 0. The lowest BCUT2D eigenvalue weighted by atomic mass is 10.1. The van der Waals surface area contributed by atoms with Crippen molar-refractivity contribution in [2.75, 3.05) is 11.1 Å². The molecule has 1 atom stereocenters. The molecule has 1 aromatic rings. The number of thioether (sulfide) groups is 1. The maximum Gasteiger partial charge on any atom is 0.161 e. The zero-order valence-electron chi connectivity index (χ0n) is 9.27. The fraction of sp³-hybridized carbons (Fsp3) is 0.250. The Hall–Kier alpha value is -1.98. The van der Waals surface area contributed by atoms with Gasteiger partial charge in [0.05, 0.1) is 17.2 Å². The van der Waals surface area contributed by atoms with Crippen molar-refractivity contribution in [2.45, 2.75) is 13.0 Å². The lowest BCUT2D eigenvalue weighted by Gasteiger charge is -2.05. The van der Waals surface area contributed by atoms with Crippen LogP contribution in [0.25, 0.3) is 0 Å². The van der Waals surface area contributed by atoms with Crippen LogP contribution in [0.15, 0.2) is 23.2 Å². The Morgan fingerprint density at radius 1 is 1.35 bits per heavy atom. The number of nitrogens with zero attached hydrogens (tertiary/aromatic N) is 3. The number of rotatable bonds is 1. The predicted molar refractivity (Wildman–Crippen MR) is 68.8 cm³/mol. The van der Waals surface area contributed by atoms with Gasteiger partial charge in [-0.05, 0) is 25.1 Å². The number of aliphatic imine (C=N–C) groups is 1. The van der Waals surface area contributed by atoms with Gasteiger partial charge >= 0.3 is 0 Å². The fourth-order valence-electron chi connectivity index (χ4n) is 1.48. The van der Waals surface area contributed by atoms with Gasteiger partial charge in [0.25, 0.3) is 0 Å². The van der Waals surface area contributed by atoms with Crippen LogP contribution in [0, 0.1) is 22.7 Å². The van der Waals surface area contributed by atoms with Crippen LogP contribution in [0.4, 0.5) is 5.69 Å². The number of nitrogens with one attached hydrogen (secondary N) is 1. The van der Waals surface area contributed by atoms with Crippen LogP contribution in [0.5, 0.6) is 0 Å². The molecule has 1 aromatic carbocycles. The largest absolute Gasteiger partial charge is 0.335 e. The number of nitriles is 2. The van der Waals surface area contributed by atoms with Crippen LogP contribution in [-0.2, 0) is 0 Å². The smallest absolute Gasteiger partial charge is 0.161 e. The van der Waals surface area contributed by atoms with Gasteiger partial charge in [-0.2, -0.15) is 10.5 Å². The van der Waals surface area contributed by atoms with Gasteiger partial charge < -0.3 is 5.32 Å². The summed E-state index contributed by atoms with van der Waals surface area (Å²) >= 11 is 1.66. The highest BCUT2D eigenvalue weighted by Crippen LogP contribution is 2.21. The minimum absolute atomic E-state index is 0.330. The van der Waals surface area contributed by atoms with Gasteiger partial charge in [-0.3, -0.25) is 4.99 Å². The van der Waals surface area contributed by atoms with Crippen molar-refractivity contribution >= 4 is 22.6 Å². The van der Waals surface area contributed by atoms with E-state index in [1.54, 1.807) is 30.0 Å². The molecular weight excluding hydrogens is 232 g/mol. The molecule has 4 nitrogen and oxygen atoms in total. The van der Waals surface area contributed by atoms with E-state index in [4.69, 9.17) is 10.5 Å². The van der Waals surface area contributed by atoms with Gasteiger partial charge in [0, 0.05) is 11.4 Å². The maximum absolute atomic E-state index is 8.91. The highest BCUT2D eigenvalue weighted by Gasteiger charge is 2.14. The lowest BCUT2D eigenvalue weighted by Crippen LogP contribution is -2.05. The van der Waals surface area contributed by atoms with Crippen LogP contribution < -0.4 is 5.32 Å². The van der Waals surface area contributed by atoms with E-state index < -0.39 is 0 Å². The Morgan fingerprint density at radius 2 is 2.12 bits per heavy atom. The predicted octanol–water partition coefficient (Wildman–Crippen LogP) is 2.33. The Bertz CT molecular complexity index is 551. The summed E-state index contributed by atoms with van der Waals surface area (Å²) in [7, 11) is 0. The van der Waals surface area contributed by atoms with Crippen molar-refractivity contribution in [3.05, 3.63) is 29.3 Å². The van der Waals surface area contributed by atoms with Gasteiger partial charge in [0.2, 0.25) is 0 Å². The maximum atomic E-state index is 8.91. The fourth-order valence-corrected chi connectivity index (χ4v) is 2.40. The Labute approximate surface area is 104 Å². The number of amidine groups is 1. The second-order valence-corrected chi connectivity index (χ2v) is 4.71. The summed E-state index contributed by atoms with van der Waals surface area (Å²) in [4.78, 5) is 4.40. The zero-order chi connectivity index (χ0) is 12.3. The van der Waals surface area contributed by atoms with Crippen molar-refractivity contribution in [1.29, 1.82) is 10.5 Å². The average Bonchev–Trinajstić information content (AvgIpc) is 2.74. The molecule has 5 heteroatoms. The quantitative estimate of drug-likeness (QED) is 0.820. The van der Waals surface area contributed by atoms with Gasteiger partial charge in [-0.1, -0.05) is 11.8 Å². The minimum Gasteiger partial charge on any atom is -0.335 e. The topological polar surface area (TPSA) is 72.0 Å². The molecule has 0 saturated heterocycles. The van der Waals surface area contributed by atoms with Crippen LogP contribution in [-0.4, -0.2) is 17.0 Å². The molecule has 0 saturated carbocycles. The number of hydrogen-bond donors (Lipinski definition) is 1. The van der Waals surface area contributed by atoms with E-state index in [0.29, 0.717) is 17.2 Å². The van der Waals surface area contributed by atoms with Crippen LogP contribution in [0.2, 0.25) is 0 Å². The zero-order valence-corrected chi connectivity index (χ0v) is 10.1. The summed E-state index contributed by atoms with van der Waals surface area (Å²) in [6.45, 7) is 2.06. The summed E-state index contributed by atoms with van der Waals surface area (Å²) in [5, 5.41) is 21.7. The first-order chi connectivity index (χ1) is 8.22. The molecule has 1 aliphatic heterocycles. The van der Waals surface area contributed by atoms with Crippen LogP contribution in [0.3, 0.4) is 0 Å². The number of anilines is 1. The van der Waals surface area contributed by atoms with E-state index in [0.717, 1.165) is 16.6 Å². The normalized spacial score (nSPS) is 18.1. The van der Waals surface area contributed by atoms with Crippen molar-refractivity contribution in [2.24, 2.45) is 4.99 Å². The minimum atomic E-state index is 0.330. The van der Waals surface area contributed by atoms with E-state index in [1.807, 2.05) is 12.1 Å². The number of hydrogen-bond acceptors (Lipinski definition) is 5. The Balaban J connectivity index is 2.21. The first-order valence-corrected chi connectivity index (χ1v) is 6.13. The third kappa shape index (κ3) is 2.58. The molecule has 0 radical (unpaired) electrons. The van der Waals surface area contributed by atoms with Gasteiger partial charge in [0.15, 0.2) is 5.17 Å². The standard InChI is InChI=1S/C12H10N4S/c1-8-7-17-12(15-8)16-11-3-2-9(5-13)10(4-11)6-14/h2-4,8H,7H2,1H3,(H,15,16).